The molecule has 0 bridgehead atoms. The van der Waals surface area contributed by atoms with Crippen LogP contribution in [0.15, 0.2) is 12.3 Å². The van der Waals surface area contributed by atoms with Crippen molar-refractivity contribution in [2.24, 2.45) is 0 Å². The predicted molar refractivity (Wildman–Crippen MR) is 64.3 cm³/mol. The fraction of sp³-hybridized carbons (Fsp3) is 0.545. The van der Waals surface area contributed by atoms with Crippen LogP contribution in [0.4, 0.5) is 5.82 Å². The molecule has 0 amide bonds. The number of anilines is 1. The van der Waals surface area contributed by atoms with Crippen molar-refractivity contribution < 1.29 is 5.11 Å². The molecule has 0 saturated heterocycles. The molecule has 1 heterocycles. The number of halogens is 1. The van der Waals surface area contributed by atoms with Crippen molar-refractivity contribution >= 4 is 17.4 Å². The summed E-state index contributed by atoms with van der Waals surface area (Å²) < 4.78 is 0. The molecule has 1 aromatic rings. The molecule has 0 aliphatic heterocycles. The summed E-state index contributed by atoms with van der Waals surface area (Å²) in [5.74, 6) is 0.326. The SMILES string of the molecule is CC(O)(CNC1CC1)c1cc(Cl)cnc1N. The molecule has 1 unspecified atom stereocenters. The minimum Gasteiger partial charge on any atom is -0.384 e. The Morgan fingerprint density at radius 3 is 3.00 bits per heavy atom. The van der Waals surface area contributed by atoms with Gasteiger partial charge in [0, 0.05) is 24.3 Å². The van der Waals surface area contributed by atoms with Gasteiger partial charge in [0.05, 0.1) is 5.02 Å². The first-order chi connectivity index (χ1) is 7.49. The van der Waals surface area contributed by atoms with Gasteiger partial charge in [0.2, 0.25) is 0 Å². The van der Waals surface area contributed by atoms with E-state index in [1.54, 1.807) is 13.0 Å². The van der Waals surface area contributed by atoms with Crippen molar-refractivity contribution in [3.05, 3.63) is 22.8 Å². The van der Waals surface area contributed by atoms with Crippen molar-refractivity contribution in [1.82, 2.24) is 10.3 Å². The van der Waals surface area contributed by atoms with Crippen LogP contribution >= 0.6 is 11.6 Å². The van der Waals surface area contributed by atoms with Crippen molar-refractivity contribution in [1.29, 1.82) is 0 Å². The van der Waals surface area contributed by atoms with Crippen LogP contribution in [0.5, 0.6) is 0 Å². The fourth-order valence-electron chi connectivity index (χ4n) is 1.61. The summed E-state index contributed by atoms with van der Waals surface area (Å²) in [4.78, 5) is 3.95. The van der Waals surface area contributed by atoms with Crippen LogP contribution in [-0.2, 0) is 5.60 Å². The van der Waals surface area contributed by atoms with Gasteiger partial charge in [-0.05, 0) is 25.8 Å². The highest BCUT2D eigenvalue weighted by Gasteiger charge is 2.30. The number of aromatic nitrogens is 1. The van der Waals surface area contributed by atoms with Gasteiger partial charge >= 0.3 is 0 Å². The second-order valence-electron chi connectivity index (χ2n) is 4.52. The van der Waals surface area contributed by atoms with E-state index in [0.717, 1.165) is 0 Å². The molecule has 0 aromatic carbocycles. The van der Waals surface area contributed by atoms with E-state index in [1.165, 1.54) is 19.0 Å². The lowest BCUT2D eigenvalue weighted by Crippen LogP contribution is -2.37. The van der Waals surface area contributed by atoms with E-state index in [2.05, 4.69) is 10.3 Å². The van der Waals surface area contributed by atoms with Gasteiger partial charge in [-0.1, -0.05) is 11.6 Å². The van der Waals surface area contributed by atoms with Gasteiger partial charge in [-0.2, -0.15) is 0 Å². The molecule has 4 nitrogen and oxygen atoms in total. The topological polar surface area (TPSA) is 71.2 Å². The quantitative estimate of drug-likeness (QED) is 0.743. The fourth-order valence-corrected chi connectivity index (χ4v) is 1.76. The van der Waals surface area contributed by atoms with Crippen molar-refractivity contribution in [3.8, 4) is 0 Å². The van der Waals surface area contributed by atoms with Crippen LogP contribution in [0.3, 0.4) is 0 Å². The molecule has 1 fully saturated rings. The zero-order valence-electron chi connectivity index (χ0n) is 9.20. The lowest BCUT2D eigenvalue weighted by atomic mass is 9.96. The maximum absolute atomic E-state index is 10.3. The number of aliphatic hydroxyl groups is 1. The zero-order chi connectivity index (χ0) is 11.8. The van der Waals surface area contributed by atoms with Crippen LogP contribution in [-0.4, -0.2) is 22.7 Å². The standard InChI is InChI=1S/C11H16ClN3O/c1-11(16,6-15-8-2-3-8)9-4-7(12)5-14-10(9)13/h4-5,8,15-16H,2-3,6H2,1H3,(H2,13,14). The summed E-state index contributed by atoms with van der Waals surface area (Å²) in [7, 11) is 0. The van der Waals surface area contributed by atoms with Gasteiger partial charge in [0.25, 0.3) is 0 Å². The largest absolute Gasteiger partial charge is 0.384 e. The second-order valence-corrected chi connectivity index (χ2v) is 4.95. The molecular weight excluding hydrogens is 226 g/mol. The second kappa shape index (κ2) is 4.20. The number of hydrogen-bond acceptors (Lipinski definition) is 4. The number of pyridine rings is 1. The number of hydrogen-bond donors (Lipinski definition) is 3. The number of rotatable bonds is 4. The minimum atomic E-state index is -1.04. The smallest absolute Gasteiger partial charge is 0.129 e. The lowest BCUT2D eigenvalue weighted by Gasteiger charge is -2.25. The van der Waals surface area contributed by atoms with Crippen LogP contribution in [0.2, 0.25) is 5.02 Å². The Bertz CT molecular complexity index is 391. The summed E-state index contributed by atoms with van der Waals surface area (Å²) in [5.41, 5.74) is 5.28. The predicted octanol–water partition coefficient (Wildman–Crippen LogP) is 1.28. The van der Waals surface area contributed by atoms with Gasteiger partial charge in [0.15, 0.2) is 0 Å². The lowest BCUT2D eigenvalue weighted by molar-refractivity contribution is 0.0571. The van der Waals surface area contributed by atoms with Gasteiger partial charge in [-0.15, -0.1) is 0 Å². The molecule has 1 atom stereocenters. The Balaban J connectivity index is 2.15. The van der Waals surface area contributed by atoms with Gasteiger partial charge in [0.1, 0.15) is 11.4 Å². The van der Waals surface area contributed by atoms with Crippen LogP contribution in [0, 0.1) is 0 Å². The van der Waals surface area contributed by atoms with E-state index >= 15 is 0 Å². The third-order valence-electron chi connectivity index (χ3n) is 2.78. The molecule has 1 aliphatic carbocycles. The van der Waals surface area contributed by atoms with E-state index in [-0.39, 0.29) is 0 Å². The number of nitrogens with zero attached hydrogens (tertiary/aromatic N) is 1. The van der Waals surface area contributed by atoms with Crippen LogP contribution < -0.4 is 11.1 Å². The van der Waals surface area contributed by atoms with Gasteiger partial charge in [-0.3, -0.25) is 0 Å². The maximum Gasteiger partial charge on any atom is 0.129 e. The third-order valence-corrected chi connectivity index (χ3v) is 2.98. The molecule has 4 N–H and O–H groups in total. The van der Waals surface area contributed by atoms with E-state index < -0.39 is 5.60 Å². The Morgan fingerprint density at radius 2 is 2.38 bits per heavy atom. The molecule has 16 heavy (non-hydrogen) atoms. The summed E-state index contributed by atoms with van der Waals surface area (Å²) in [6, 6.07) is 2.21. The van der Waals surface area contributed by atoms with Crippen LogP contribution in [0.1, 0.15) is 25.3 Å². The first kappa shape index (κ1) is 11.6. The summed E-state index contributed by atoms with van der Waals surface area (Å²) >= 11 is 5.85. The highest BCUT2D eigenvalue weighted by molar-refractivity contribution is 6.30. The summed E-state index contributed by atoms with van der Waals surface area (Å²) in [5, 5.41) is 14.1. The third kappa shape index (κ3) is 2.64. The van der Waals surface area contributed by atoms with Crippen molar-refractivity contribution in [2.75, 3.05) is 12.3 Å². The van der Waals surface area contributed by atoms with E-state index in [0.29, 0.717) is 29.0 Å². The Labute approximate surface area is 99.8 Å². The average molecular weight is 242 g/mol. The minimum absolute atomic E-state index is 0.326. The zero-order valence-corrected chi connectivity index (χ0v) is 9.96. The first-order valence-electron chi connectivity index (χ1n) is 5.36. The molecule has 1 aromatic heterocycles. The normalized spacial score (nSPS) is 19.4. The highest BCUT2D eigenvalue weighted by Crippen LogP contribution is 2.28. The van der Waals surface area contributed by atoms with Crippen LogP contribution in [0.25, 0.3) is 0 Å². The van der Waals surface area contributed by atoms with Gasteiger partial charge in [-0.25, -0.2) is 4.98 Å². The van der Waals surface area contributed by atoms with Crippen molar-refractivity contribution in [3.63, 3.8) is 0 Å². The molecule has 88 valence electrons. The van der Waals surface area contributed by atoms with Gasteiger partial charge < -0.3 is 16.2 Å². The Morgan fingerprint density at radius 1 is 1.69 bits per heavy atom. The maximum atomic E-state index is 10.3. The molecule has 0 spiro atoms. The average Bonchev–Trinajstić information content (AvgIpc) is 3.02. The van der Waals surface area contributed by atoms with E-state index in [9.17, 15) is 5.11 Å². The van der Waals surface area contributed by atoms with E-state index in [4.69, 9.17) is 17.3 Å². The Hall–Kier alpha value is -0.840. The molecule has 5 heteroatoms. The molecule has 1 saturated carbocycles. The van der Waals surface area contributed by atoms with Crippen molar-refractivity contribution in [2.45, 2.75) is 31.4 Å². The first-order valence-corrected chi connectivity index (χ1v) is 5.74. The highest BCUT2D eigenvalue weighted by atomic mass is 35.5. The summed E-state index contributed by atoms with van der Waals surface area (Å²) in [6.45, 7) is 2.18. The molecular formula is C11H16ClN3O. The number of nitrogen functional groups attached to an aromatic ring is 1. The monoisotopic (exact) mass is 241 g/mol. The van der Waals surface area contributed by atoms with E-state index in [1.807, 2.05) is 0 Å². The number of nitrogens with one attached hydrogen (secondary N) is 1. The molecule has 0 radical (unpaired) electrons. The Kier molecular flexibility index (Phi) is 3.06. The summed E-state index contributed by atoms with van der Waals surface area (Å²) in [6.07, 6.45) is 3.84. The molecule has 1 aliphatic rings. The number of nitrogens with two attached hydrogens (primary N) is 1. The molecule has 2 rings (SSSR count).